The molecule has 2 heteroatoms. The van der Waals surface area contributed by atoms with Gasteiger partial charge in [-0.25, -0.2) is 0 Å². The van der Waals surface area contributed by atoms with Crippen LogP contribution < -0.4 is 9.80 Å². The molecule has 116 heavy (non-hydrogen) atoms. The standard InChI is InChI=1S/C114H104N2/c1-9-13-15-19-33-93-73-108(92-53-61-100(62-54-92)116(98-57-49-90(50-58-98)88-31-23-18-24-32-88)102-64-66-106-104-36-26-28-38-110(104)114(112(106)76-102,96-71-81(7)68-82(8)72-96)78-86-45-41-84(12-4)42-46-86)94(34-20-16-14-10-2)74-107(93)91-51-59-99(60-52-91)115(97-55-47-89(48-56-97)87-29-21-17-22-30-87)101-63-65-105-103-35-25-27-37-109(103)113(111(105)75-101,95-69-79(5)67-80(6)70-95)77-85-43-39-83(11-3)40-44-85/h11-12,17-18,21-32,35-76H,3-4,9-10,13-16,19-20,33-34,77-78H2,1-2,5-8H3. The maximum Gasteiger partial charge on any atom is 0.0504 e. The van der Waals surface area contributed by atoms with Crippen LogP contribution in [0.2, 0.25) is 0 Å². The lowest BCUT2D eigenvalue weighted by Gasteiger charge is -2.35. The van der Waals surface area contributed by atoms with E-state index in [0.717, 1.165) is 83.8 Å². The minimum Gasteiger partial charge on any atom is -0.310 e. The molecule has 2 unspecified atom stereocenters. The average Bonchev–Trinajstić information content (AvgIpc) is 1.55. The van der Waals surface area contributed by atoms with Gasteiger partial charge >= 0.3 is 0 Å². The second-order valence-electron chi connectivity index (χ2n) is 32.7. The summed E-state index contributed by atoms with van der Waals surface area (Å²) in [6.07, 6.45) is 16.9. The van der Waals surface area contributed by atoms with E-state index >= 15 is 0 Å². The van der Waals surface area contributed by atoms with Gasteiger partial charge < -0.3 is 9.80 Å². The molecule has 0 saturated heterocycles. The van der Waals surface area contributed by atoms with Crippen LogP contribution in [0.25, 0.3) is 78.9 Å². The van der Waals surface area contributed by atoms with Gasteiger partial charge in [0.25, 0.3) is 0 Å². The van der Waals surface area contributed by atoms with E-state index in [0.29, 0.717) is 0 Å². The molecular formula is C114H104N2. The third-order valence-electron chi connectivity index (χ3n) is 24.9. The van der Waals surface area contributed by atoms with Gasteiger partial charge in [0.05, 0.1) is 10.8 Å². The molecule has 0 heterocycles. The maximum atomic E-state index is 4.12. The lowest BCUT2D eigenvalue weighted by atomic mass is 9.68. The first kappa shape index (κ1) is 76.0. The maximum absolute atomic E-state index is 4.12. The summed E-state index contributed by atoms with van der Waals surface area (Å²) in [5.74, 6) is 0. The zero-order chi connectivity index (χ0) is 79.3. The zero-order valence-electron chi connectivity index (χ0n) is 68.3. The Labute approximate surface area is 689 Å². The second-order valence-corrected chi connectivity index (χ2v) is 32.7. The molecule has 0 amide bonds. The van der Waals surface area contributed by atoms with Crippen molar-refractivity contribution in [3.8, 4) is 66.8 Å². The van der Waals surface area contributed by atoms with Crippen molar-refractivity contribution in [2.45, 2.75) is 129 Å². The van der Waals surface area contributed by atoms with Gasteiger partial charge in [-0.05, 0) is 273 Å². The lowest BCUT2D eigenvalue weighted by molar-refractivity contribution is 0.628. The van der Waals surface area contributed by atoms with Crippen molar-refractivity contribution >= 4 is 46.3 Å². The lowest BCUT2D eigenvalue weighted by Crippen LogP contribution is -2.30. The predicted molar refractivity (Wildman–Crippen MR) is 496 cm³/mol. The fourth-order valence-corrected chi connectivity index (χ4v) is 19.3. The van der Waals surface area contributed by atoms with Crippen LogP contribution in [0.3, 0.4) is 0 Å². The molecule has 2 aliphatic carbocycles. The topological polar surface area (TPSA) is 6.48 Å². The van der Waals surface area contributed by atoms with Gasteiger partial charge in [-0.3, -0.25) is 0 Å². The molecule has 0 bridgehead atoms. The summed E-state index contributed by atoms with van der Waals surface area (Å²) in [4.78, 5) is 5.00. The molecule has 0 spiro atoms. The number of benzene rings is 15. The molecule has 570 valence electrons. The summed E-state index contributed by atoms with van der Waals surface area (Å²) in [6.45, 7) is 21.9. The fraction of sp³-hybridized carbons (Fsp3) is 0.175. The van der Waals surface area contributed by atoms with Gasteiger partial charge in [0.2, 0.25) is 0 Å². The zero-order valence-corrected chi connectivity index (χ0v) is 68.3. The molecule has 2 atom stereocenters. The van der Waals surface area contributed by atoms with Crippen molar-refractivity contribution in [3.05, 3.63) is 442 Å². The summed E-state index contributed by atoms with van der Waals surface area (Å²) < 4.78 is 0. The molecule has 0 aliphatic heterocycles. The van der Waals surface area contributed by atoms with Crippen LogP contribution in [0.1, 0.15) is 154 Å². The average molecular weight is 1500 g/mol. The van der Waals surface area contributed by atoms with Crippen LogP contribution in [-0.4, -0.2) is 0 Å². The van der Waals surface area contributed by atoms with Crippen molar-refractivity contribution < 1.29 is 0 Å². The number of nitrogens with zero attached hydrogens (tertiary/aromatic N) is 2. The van der Waals surface area contributed by atoms with Gasteiger partial charge in [-0.1, -0.05) is 367 Å². The molecule has 2 aliphatic rings. The van der Waals surface area contributed by atoms with Gasteiger partial charge in [0.1, 0.15) is 0 Å². The molecule has 15 aromatic carbocycles. The van der Waals surface area contributed by atoms with Crippen LogP contribution in [0.15, 0.2) is 353 Å². The van der Waals surface area contributed by atoms with Crippen molar-refractivity contribution in [2.75, 3.05) is 9.80 Å². The molecule has 0 fully saturated rings. The smallest absolute Gasteiger partial charge is 0.0504 e. The Kier molecular flexibility index (Phi) is 21.9. The van der Waals surface area contributed by atoms with Crippen molar-refractivity contribution in [3.63, 3.8) is 0 Å². The number of rotatable bonds is 28. The summed E-state index contributed by atoms with van der Waals surface area (Å²) in [5, 5.41) is 0. The molecule has 0 radical (unpaired) electrons. The Hall–Kier alpha value is -12.6. The van der Waals surface area contributed by atoms with Gasteiger partial charge in [0.15, 0.2) is 0 Å². The van der Waals surface area contributed by atoms with E-state index in [2.05, 4.69) is 404 Å². The number of aryl methyl sites for hydroxylation is 6. The van der Waals surface area contributed by atoms with Crippen molar-refractivity contribution in [2.24, 2.45) is 0 Å². The number of anilines is 6. The molecule has 0 N–H and O–H groups in total. The number of unbranched alkanes of at least 4 members (excludes halogenated alkanes) is 6. The quantitative estimate of drug-likeness (QED) is 0.0451. The molecule has 0 aromatic heterocycles. The van der Waals surface area contributed by atoms with Crippen LogP contribution in [0.5, 0.6) is 0 Å². The van der Waals surface area contributed by atoms with E-state index in [1.807, 2.05) is 12.2 Å². The molecule has 17 rings (SSSR count). The highest BCUT2D eigenvalue weighted by Crippen LogP contribution is 2.59. The number of hydrogen-bond acceptors (Lipinski definition) is 2. The van der Waals surface area contributed by atoms with Crippen LogP contribution in [0.4, 0.5) is 34.1 Å². The SMILES string of the molecule is C=Cc1ccc(CC2(c3cc(C)cc(C)c3)c3ccccc3-c3ccc(N(c4ccc(-c5ccccc5)cc4)c4ccc(-c5cc(CCCCCC)c(-c6ccc(N(c7ccc(-c8ccccc8)cc7)c7ccc8c(c7)C(Cc7ccc(C=C)cc7)(c7cc(C)cc(C)c7)c7ccccc7-8)cc6)cc5CCCCCC)cc4)cc32)cc1. The van der Waals surface area contributed by atoms with E-state index in [1.165, 1.54) is 183 Å². The molecule has 15 aromatic rings. The highest BCUT2D eigenvalue weighted by molar-refractivity contribution is 5.92. The Bertz CT molecular complexity index is 5610. The largest absolute Gasteiger partial charge is 0.310 e. The third-order valence-corrected chi connectivity index (χ3v) is 24.9. The predicted octanol–water partition coefficient (Wildman–Crippen LogP) is 31.2. The van der Waals surface area contributed by atoms with Crippen LogP contribution in [0, 0.1) is 27.7 Å². The highest BCUT2D eigenvalue weighted by Gasteiger charge is 2.47. The van der Waals surface area contributed by atoms with E-state index in [-0.39, 0.29) is 0 Å². The summed E-state index contributed by atoms with van der Waals surface area (Å²) in [7, 11) is 0. The fourth-order valence-electron chi connectivity index (χ4n) is 19.3. The first-order chi connectivity index (χ1) is 56.9. The third kappa shape index (κ3) is 15.0. The van der Waals surface area contributed by atoms with Crippen molar-refractivity contribution in [1.82, 2.24) is 0 Å². The molecule has 0 saturated carbocycles. The van der Waals surface area contributed by atoms with Gasteiger partial charge in [0, 0.05) is 34.1 Å². The first-order valence-corrected chi connectivity index (χ1v) is 42.3. The molecular weight excluding hydrogens is 1400 g/mol. The Morgan fingerprint density at radius 3 is 0.914 bits per heavy atom. The highest BCUT2D eigenvalue weighted by atomic mass is 15.1. The van der Waals surface area contributed by atoms with Crippen LogP contribution >= 0.6 is 0 Å². The normalized spacial score (nSPS) is 14.3. The van der Waals surface area contributed by atoms with E-state index in [9.17, 15) is 0 Å². The Morgan fingerprint density at radius 2 is 0.569 bits per heavy atom. The molecule has 2 nitrogen and oxygen atoms in total. The number of fused-ring (bicyclic) bond motifs is 6. The van der Waals surface area contributed by atoms with Crippen molar-refractivity contribution in [1.29, 1.82) is 0 Å². The summed E-state index contributed by atoms with van der Waals surface area (Å²) in [5.41, 5.74) is 41.4. The summed E-state index contributed by atoms with van der Waals surface area (Å²) >= 11 is 0. The Morgan fingerprint density at radius 1 is 0.259 bits per heavy atom. The van der Waals surface area contributed by atoms with E-state index in [4.69, 9.17) is 0 Å². The Balaban J connectivity index is 0.785. The first-order valence-electron chi connectivity index (χ1n) is 42.3. The second kappa shape index (κ2) is 33.4. The summed E-state index contributed by atoms with van der Waals surface area (Å²) in [6, 6.07) is 130. The van der Waals surface area contributed by atoms with Gasteiger partial charge in [-0.15, -0.1) is 0 Å². The number of hydrogen-bond donors (Lipinski definition) is 0. The van der Waals surface area contributed by atoms with Gasteiger partial charge in [-0.2, -0.15) is 0 Å². The minimum absolute atomic E-state index is 0.485. The van der Waals surface area contributed by atoms with Crippen LogP contribution in [-0.2, 0) is 36.5 Å². The van der Waals surface area contributed by atoms with E-state index in [1.54, 1.807) is 0 Å². The van der Waals surface area contributed by atoms with E-state index < -0.39 is 10.8 Å². The minimum atomic E-state index is -0.485. The monoisotopic (exact) mass is 1500 g/mol.